The molecule has 0 spiro atoms. The molecule has 31 heavy (non-hydrogen) atoms. The number of hydrogen-bond acceptors (Lipinski definition) is 6. The molecule has 0 radical (unpaired) electrons. The molecule has 0 unspecified atom stereocenters. The van der Waals surface area contributed by atoms with Crippen LogP contribution in [0.1, 0.15) is 48.5 Å². The molecular formula is C22H49ClO5SSi2. The number of halogens is 1. The zero-order valence-corrected chi connectivity index (χ0v) is 25.6. The normalized spacial score (nSPS) is 13.0. The zero-order valence-electron chi connectivity index (χ0n) is 22.0. The average Bonchev–Trinajstić information content (AvgIpc) is 2.59. The van der Waals surface area contributed by atoms with Gasteiger partial charge in [-0.25, -0.2) is 0 Å². The molecule has 0 atom stereocenters. The Balaban J connectivity index is 0. The second-order valence-corrected chi connectivity index (χ2v) is 21.7. The van der Waals surface area contributed by atoms with Gasteiger partial charge in [0.25, 0.3) is 0 Å². The van der Waals surface area contributed by atoms with Crippen LogP contribution in [0.5, 0.6) is 0 Å². The van der Waals surface area contributed by atoms with Crippen LogP contribution >= 0.6 is 23.4 Å². The fourth-order valence-electron chi connectivity index (χ4n) is 1.65. The summed E-state index contributed by atoms with van der Waals surface area (Å²) in [5.74, 6) is 1.29. The van der Waals surface area contributed by atoms with Crippen molar-refractivity contribution in [3.8, 4) is 0 Å². The minimum Gasteiger partial charge on any atom is -0.414 e. The van der Waals surface area contributed by atoms with E-state index in [1.165, 1.54) is 11.8 Å². The summed E-state index contributed by atoms with van der Waals surface area (Å²) in [6, 6.07) is 0. The van der Waals surface area contributed by atoms with Crippen LogP contribution in [-0.2, 0) is 23.1 Å². The highest BCUT2D eigenvalue weighted by Crippen LogP contribution is 2.37. The summed E-state index contributed by atoms with van der Waals surface area (Å²) in [7, 11) is -3.21. The monoisotopic (exact) mass is 516 g/mol. The van der Waals surface area contributed by atoms with Gasteiger partial charge in [0.1, 0.15) is 0 Å². The van der Waals surface area contributed by atoms with Gasteiger partial charge in [-0.2, -0.15) is 0 Å². The molecular weight excluding hydrogens is 468 g/mol. The Morgan fingerprint density at radius 1 is 0.742 bits per heavy atom. The Morgan fingerprint density at radius 2 is 1.13 bits per heavy atom. The van der Waals surface area contributed by atoms with Crippen molar-refractivity contribution in [2.45, 2.75) is 84.7 Å². The van der Waals surface area contributed by atoms with Crippen LogP contribution in [0.15, 0.2) is 0 Å². The highest BCUT2D eigenvalue weighted by Gasteiger charge is 2.37. The van der Waals surface area contributed by atoms with E-state index in [1.54, 1.807) is 6.92 Å². The van der Waals surface area contributed by atoms with Gasteiger partial charge in [0.2, 0.25) is 0 Å². The molecule has 9 heteroatoms. The summed E-state index contributed by atoms with van der Waals surface area (Å²) in [4.78, 5) is 10.7. The molecule has 0 aromatic heterocycles. The third-order valence-corrected chi connectivity index (χ3v) is 15.8. The molecule has 0 aliphatic carbocycles. The first kappa shape index (κ1) is 33.8. The quantitative estimate of drug-likeness (QED) is 0.157. The fraction of sp³-hybridized carbons (Fsp3) is 0.955. The highest BCUT2D eigenvalue weighted by molar-refractivity contribution is 8.13. The minimum atomic E-state index is -1.63. The van der Waals surface area contributed by atoms with E-state index in [0.717, 1.165) is 5.75 Å². The van der Waals surface area contributed by atoms with Crippen LogP contribution in [0, 0.1) is 0 Å². The van der Waals surface area contributed by atoms with E-state index in [0.29, 0.717) is 45.5 Å². The van der Waals surface area contributed by atoms with Crippen molar-refractivity contribution in [1.82, 2.24) is 0 Å². The summed E-state index contributed by atoms with van der Waals surface area (Å²) >= 11 is 6.79. The van der Waals surface area contributed by atoms with Crippen LogP contribution in [0.2, 0.25) is 36.3 Å². The van der Waals surface area contributed by atoms with Crippen LogP contribution in [0.25, 0.3) is 0 Å². The van der Waals surface area contributed by atoms with Crippen molar-refractivity contribution in [3.05, 3.63) is 0 Å². The van der Waals surface area contributed by atoms with E-state index in [1.807, 2.05) is 0 Å². The van der Waals surface area contributed by atoms with Crippen LogP contribution in [0.4, 0.5) is 0 Å². The first-order valence-corrected chi connectivity index (χ1v) is 18.4. The van der Waals surface area contributed by atoms with Crippen molar-refractivity contribution >= 4 is 45.1 Å². The van der Waals surface area contributed by atoms with Gasteiger partial charge in [0.05, 0.1) is 39.6 Å². The predicted molar refractivity (Wildman–Crippen MR) is 142 cm³/mol. The Hall–Kier alpha value is 0.584. The number of thioether (sulfide) groups is 1. The number of carbonyl (C=O) groups excluding carboxylic acids is 1. The Morgan fingerprint density at radius 3 is 1.45 bits per heavy atom. The Labute approximate surface area is 203 Å². The highest BCUT2D eigenvalue weighted by atomic mass is 35.5. The maximum atomic E-state index is 10.7. The maximum absolute atomic E-state index is 10.7. The number of alkyl halides is 1. The van der Waals surface area contributed by atoms with E-state index in [4.69, 9.17) is 29.9 Å². The number of rotatable bonds is 13. The summed E-state index contributed by atoms with van der Waals surface area (Å²) in [5, 5.41) is 0.669. The molecule has 0 N–H and O–H groups in total. The molecule has 0 fully saturated rings. The zero-order chi connectivity index (χ0) is 24.8. The van der Waals surface area contributed by atoms with Crippen LogP contribution in [0.3, 0.4) is 0 Å². The van der Waals surface area contributed by atoms with Crippen molar-refractivity contribution in [2.24, 2.45) is 0 Å². The SMILES string of the molecule is CC(=O)SCCOCCO[Si](C)(C)C(C)(C)C.CC(C)(C)[Si](C)(C)OCCOCCCl. The molecule has 0 amide bonds. The van der Waals surface area contributed by atoms with Crippen molar-refractivity contribution in [2.75, 3.05) is 51.3 Å². The third-order valence-electron chi connectivity index (χ3n) is 5.75. The number of carbonyl (C=O) groups is 1. The van der Waals surface area contributed by atoms with Gasteiger partial charge in [-0.3, -0.25) is 4.79 Å². The van der Waals surface area contributed by atoms with Gasteiger partial charge in [0.15, 0.2) is 21.8 Å². The summed E-state index contributed by atoms with van der Waals surface area (Å²) in [6.45, 7) is 27.8. The third kappa shape index (κ3) is 17.7. The summed E-state index contributed by atoms with van der Waals surface area (Å²) < 4.78 is 22.5. The molecule has 0 saturated carbocycles. The smallest absolute Gasteiger partial charge is 0.192 e. The lowest BCUT2D eigenvalue weighted by molar-refractivity contribution is -0.109. The maximum Gasteiger partial charge on any atom is 0.192 e. The van der Waals surface area contributed by atoms with Gasteiger partial charge in [-0.1, -0.05) is 53.3 Å². The standard InChI is InChI=1S/C12H26O3SSi.C10H23ClO2Si/c1-11(13)16-10-9-14-7-8-15-17(5,6)12(2,3)4;1-10(2,3)14(4,5)13-9-8-12-7-6-11/h7-10H2,1-6H3;6-9H2,1-5H3. The molecule has 0 aromatic carbocycles. The van der Waals surface area contributed by atoms with Gasteiger partial charge in [0, 0.05) is 18.6 Å². The van der Waals surface area contributed by atoms with Crippen LogP contribution in [-0.4, -0.2) is 73.0 Å². The van der Waals surface area contributed by atoms with E-state index in [9.17, 15) is 4.79 Å². The number of hydrogen-bond donors (Lipinski definition) is 0. The lowest BCUT2D eigenvalue weighted by atomic mass is 10.2. The predicted octanol–water partition coefficient (Wildman–Crippen LogP) is 6.57. The largest absolute Gasteiger partial charge is 0.414 e. The lowest BCUT2D eigenvalue weighted by Gasteiger charge is -2.36. The molecule has 188 valence electrons. The van der Waals surface area contributed by atoms with Crippen LogP contribution < -0.4 is 0 Å². The number of ether oxygens (including phenoxy) is 2. The van der Waals surface area contributed by atoms with Crippen molar-refractivity contribution < 1.29 is 23.1 Å². The molecule has 0 rings (SSSR count). The van der Waals surface area contributed by atoms with Gasteiger partial charge < -0.3 is 18.3 Å². The summed E-state index contributed by atoms with van der Waals surface area (Å²) in [5.41, 5.74) is 0. The topological polar surface area (TPSA) is 54.0 Å². The molecule has 0 aromatic rings. The van der Waals surface area contributed by atoms with E-state index in [2.05, 4.69) is 67.7 Å². The molecule has 0 saturated heterocycles. The van der Waals surface area contributed by atoms with E-state index < -0.39 is 16.6 Å². The average molecular weight is 517 g/mol. The Kier molecular flexibility index (Phi) is 17.7. The van der Waals surface area contributed by atoms with E-state index in [-0.39, 0.29) is 15.2 Å². The van der Waals surface area contributed by atoms with Crippen molar-refractivity contribution in [3.63, 3.8) is 0 Å². The van der Waals surface area contributed by atoms with Gasteiger partial charge in [-0.05, 0) is 36.3 Å². The van der Waals surface area contributed by atoms with Gasteiger partial charge >= 0.3 is 0 Å². The first-order valence-electron chi connectivity index (χ1n) is 11.1. The second-order valence-electron chi connectivity index (χ2n) is 10.5. The second kappa shape index (κ2) is 16.3. The molecule has 0 aliphatic rings. The molecule has 0 bridgehead atoms. The first-order chi connectivity index (χ1) is 14.0. The van der Waals surface area contributed by atoms with E-state index >= 15 is 0 Å². The fourth-order valence-corrected chi connectivity index (χ4v) is 4.30. The van der Waals surface area contributed by atoms with Crippen molar-refractivity contribution in [1.29, 1.82) is 0 Å². The molecule has 0 aliphatic heterocycles. The summed E-state index contributed by atoms with van der Waals surface area (Å²) in [6.07, 6.45) is 0. The molecule has 0 heterocycles. The Bertz CT molecular complexity index is 478. The lowest BCUT2D eigenvalue weighted by Crippen LogP contribution is -2.41. The minimum absolute atomic E-state index is 0.145. The van der Waals surface area contributed by atoms with Gasteiger partial charge in [-0.15, -0.1) is 11.6 Å². The molecule has 5 nitrogen and oxygen atoms in total.